The third-order valence-electron chi connectivity index (χ3n) is 11.0. The molecule has 0 saturated heterocycles. The van der Waals surface area contributed by atoms with Crippen molar-refractivity contribution < 1.29 is 0 Å². The summed E-state index contributed by atoms with van der Waals surface area (Å²) in [5.74, 6) is 5.93. The summed E-state index contributed by atoms with van der Waals surface area (Å²) in [5, 5.41) is 3.35. The Morgan fingerprint density at radius 3 is 2.33 bits per heavy atom. The van der Waals surface area contributed by atoms with E-state index in [2.05, 4.69) is 39.8 Å². The van der Waals surface area contributed by atoms with Crippen LogP contribution >= 0.6 is 11.6 Å². The highest BCUT2D eigenvalue weighted by Crippen LogP contribution is 2.69. The van der Waals surface area contributed by atoms with Gasteiger partial charge < -0.3 is 0 Å². The van der Waals surface area contributed by atoms with Crippen LogP contribution in [-0.4, -0.2) is 5.00 Å². The van der Waals surface area contributed by atoms with E-state index in [4.69, 9.17) is 11.6 Å². The maximum absolute atomic E-state index is 11.4. The monoisotopic (exact) mass is 435 g/mol. The average molecular weight is 436 g/mol. The normalized spacial score (nSPS) is 49.2. The molecule has 0 radical (unpaired) electrons. The van der Waals surface area contributed by atoms with Crippen LogP contribution < -0.4 is 0 Å². The molecule has 0 unspecified atom stereocenters. The first kappa shape index (κ1) is 23.1. The number of fused-ring (bicyclic) bond motifs is 5. The van der Waals surface area contributed by atoms with Gasteiger partial charge in [-0.1, -0.05) is 65.5 Å². The van der Waals surface area contributed by atoms with Gasteiger partial charge in [0.1, 0.15) is 0 Å². The molecule has 4 fully saturated rings. The number of rotatable bonds is 6. The number of hydrogen-bond donors (Lipinski definition) is 0. The predicted molar refractivity (Wildman–Crippen MR) is 127 cm³/mol. The number of alkyl halides is 1. The van der Waals surface area contributed by atoms with Crippen molar-refractivity contribution >= 4 is 11.6 Å². The summed E-state index contributed by atoms with van der Waals surface area (Å²) in [4.78, 5) is 10.5. The molecule has 4 aliphatic carbocycles. The lowest BCUT2D eigenvalue weighted by atomic mass is 9.44. The van der Waals surface area contributed by atoms with Gasteiger partial charge in [0, 0.05) is 0 Å². The fourth-order valence-corrected chi connectivity index (χ4v) is 9.59. The Morgan fingerprint density at radius 2 is 1.63 bits per heavy atom. The highest BCUT2D eigenvalue weighted by Gasteiger charge is 2.61. The fraction of sp³-hybridized carbons (Fsp3) is 1.00. The zero-order valence-corrected chi connectivity index (χ0v) is 21.0. The standard InChI is InChI=1S/C27H46ClNO/c1-18(2)7-6-8-19(3)22-11-12-23-21-10-9-20-17-27(28,29-30)16-15-25(20,4)24(21)13-14-26(22,23)5/h18-24H,6-17H2,1-5H3/t19-,20+,21+,22+,23-,24-,25+,26+,27+/m1/s1. The van der Waals surface area contributed by atoms with Crippen LogP contribution in [0.3, 0.4) is 0 Å². The smallest absolute Gasteiger partial charge is 0.149 e. The van der Waals surface area contributed by atoms with E-state index in [1.807, 2.05) is 0 Å². The van der Waals surface area contributed by atoms with Gasteiger partial charge in [-0.3, -0.25) is 0 Å². The molecule has 0 heterocycles. The summed E-state index contributed by atoms with van der Waals surface area (Å²) in [6.07, 6.45) is 15.3. The van der Waals surface area contributed by atoms with Crippen LogP contribution in [0.5, 0.6) is 0 Å². The van der Waals surface area contributed by atoms with Crippen molar-refractivity contribution in [2.45, 2.75) is 117 Å². The zero-order chi connectivity index (χ0) is 21.7. The first-order valence-corrected chi connectivity index (χ1v) is 13.5. The van der Waals surface area contributed by atoms with Gasteiger partial charge in [0.05, 0.1) is 0 Å². The second-order valence-electron chi connectivity index (χ2n) is 12.9. The maximum Gasteiger partial charge on any atom is 0.175 e. The van der Waals surface area contributed by atoms with Crippen LogP contribution in [0.15, 0.2) is 5.18 Å². The van der Waals surface area contributed by atoms with E-state index in [1.165, 1.54) is 57.8 Å². The van der Waals surface area contributed by atoms with E-state index in [1.54, 1.807) is 0 Å². The first-order valence-electron chi connectivity index (χ1n) is 13.2. The Labute approximate surface area is 190 Å². The summed E-state index contributed by atoms with van der Waals surface area (Å²) >= 11 is 6.56. The molecular weight excluding hydrogens is 390 g/mol. The molecule has 172 valence electrons. The van der Waals surface area contributed by atoms with Gasteiger partial charge in [-0.15, -0.1) is 4.91 Å². The molecule has 4 saturated carbocycles. The minimum atomic E-state index is -0.815. The molecule has 0 amide bonds. The largest absolute Gasteiger partial charge is 0.175 e. The van der Waals surface area contributed by atoms with E-state index in [9.17, 15) is 4.91 Å². The molecule has 0 aromatic heterocycles. The number of nitroso groups, excluding NO2 is 1. The average Bonchev–Trinajstić information content (AvgIpc) is 3.05. The second-order valence-corrected chi connectivity index (χ2v) is 13.6. The van der Waals surface area contributed by atoms with Crippen LogP contribution in [0.1, 0.15) is 112 Å². The summed E-state index contributed by atoms with van der Waals surface area (Å²) in [5.41, 5.74) is 0.950. The van der Waals surface area contributed by atoms with E-state index in [0.29, 0.717) is 16.7 Å². The van der Waals surface area contributed by atoms with Gasteiger partial charge in [0.2, 0.25) is 0 Å². The van der Waals surface area contributed by atoms with Crippen molar-refractivity contribution in [3.05, 3.63) is 4.91 Å². The molecule has 0 aromatic rings. The Hall–Kier alpha value is -0.110. The van der Waals surface area contributed by atoms with Crippen LogP contribution in [-0.2, 0) is 0 Å². The molecule has 0 aliphatic heterocycles. The Kier molecular flexibility index (Phi) is 6.42. The van der Waals surface area contributed by atoms with E-state index >= 15 is 0 Å². The molecule has 30 heavy (non-hydrogen) atoms. The van der Waals surface area contributed by atoms with Gasteiger partial charge >= 0.3 is 0 Å². The number of hydrogen-bond acceptors (Lipinski definition) is 2. The molecule has 4 rings (SSSR count). The highest BCUT2D eigenvalue weighted by atomic mass is 35.5. The Balaban J connectivity index is 1.47. The molecule has 2 nitrogen and oxygen atoms in total. The molecule has 4 aliphatic rings. The van der Waals surface area contributed by atoms with Gasteiger partial charge in [0.25, 0.3) is 0 Å². The van der Waals surface area contributed by atoms with Gasteiger partial charge in [0.15, 0.2) is 5.00 Å². The summed E-state index contributed by atoms with van der Waals surface area (Å²) in [6, 6.07) is 0. The van der Waals surface area contributed by atoms with Crippen molar-refractivity contribution in [2.75, 3.05) is 0 Å². The quantitative estimate of drug-likeness (QED) is 0.232. The fourth-order valence-electron chi connectivity index (χ4n) is 9.31. The summed E-state index contributed by atoms with van der Waals surface area (Å²) in [6.45, 7) is 12.5. The van der Waals surface area contributed by atoms with Crippen LogP contribution in [0.25, 0.3) is 0 Å². The topological polar surface area (TPSA) is 29.4 Å². The Bertz CT molecular complexity index is 636. The van der Waals surface area contributed by atoms with Gasteiger partial charge in [-0.05, 0) is 115 Å². The first-order chi connectivity index (χ1) is 14.1. The third-order valence-corrected chi connectivity index (χ3v) is 11.4. The van der Waals surface area contributed by atoms with Crippen molar-refractivity contribution in [1.82, 2.24) is 0 Å². The van der Waals surface area contributed by atoms with Crippen molar-refractivity contribution in [3.63, 3.8) is 0 Å². The summed E-state index contributed by atoms with van der Waals surface area (Å²) < 4.78 is 0. The summed E-state index contributed by atoms with van der Waals surface area (Å²) in [7, 11) is 0. The van der Waals surface area contributed by atoms with E-state index in [0.717, 1.165) is 54.8 Å². The van der Waals surface area contributed by atoms with Crippen molar-refractivity contribution in [2.24, 2.45) is 57.4 Å². The number of halogens is 1. The number of nitrogens with zero attached hydrogens (tertiary/aromatic N) is 1. The van der Waals surface area contributed by atoms with E-state index < -0.39 is 5.00 Å². The molecule has 0 spiro atoms. The van der Waals surface area contributed by atoms with Crippen LogP contribution in [0.2, 0.25) is 0 Å². The van der Waals surface area contributed by atoms with Gasteiger partial charge in [-0.2, -0.15) is 0 Å². The Morgan fingerprint density at radius 1 is 0.900 bits per heavy atom. The highest BCUT2D eigenvalue weighted by molar-refractivity contribution is 6.23. The minimum absolute atomic E-state index is 0.383. The third kappa shape index (κ3) is 3.80. The van der Waals surface area contributed by atoms with E-state index in [-0.39, 0.29) is 0 Å². The lowest BCUT2D eigenvalue weighted by Crippen LogP contribution is -2.55. The SMILES string of the molecule is CC(C)CCC[C@@H](C)[C@@H]1CC[C@@H]2[C@@H]3CC[C@H]4C[C@@](Cl)(N=O)CC[C@]4(C)[C@@H]3CC[C@]21C. The molecular formula is C27H46ClNO. The van der Waals surface area contributed by atoms with Crippen molar-refractivity contribution in [3.8, 4) is 0 Å². The molecule has 3 heteroatoms. The predicted octanol–water partition coefficient (Wildman–Crippen LogP) is 8.81. The minimum Gasteiger partial charge on any atom is -0.149 e. The maximum atomic E-state index is 11.4. The zero-order valence-electron chi connectivity index (χ0n) is 20.3. The van der Waals surface area contributed by atoms with Crippen LogP contribution in [0.4, 0.5) is 0 Å². The van der Waals surface area contributed by atoms with Crippen LogP contribution in [0, 0.1) is 57.2 Å². The lowest BCUT2D eigenvalue weighted by Gasteiger charge is -2.61. The van der Waals surface area contributed by atoms with Crippen molar-refractivity contribution in [1.29, 1.82) is 0 Å². The lowest BCUT2D eigenvalue weighted by molar-refractivity contribution is -0.118. The molecule has 9 atom stereocenters. The molecule has 0 N–H and O–H groups in total. The van der Waals surface area contributed by atoms with Gasteiger partial charge in [-0.25, -0.2) is 0 Å². The molecule has 0 bridgehead atoms. The second kappa shape index (κ2) is 8.35. The molecule has 0 aromatic carbocycles.